The number of aliphatic hydroxyl groups is 1. The van der Waals surface area contributed by atoms with Gasteiger partial charge in [0.25, 0.3) is 11.7 Å². The van der Waals surface area contributed by atoms with Gasteiger partial charge < -0.3 is 19.7 Å². The Morgan fingerprint density at radius 2 is 1.75 bits per heavy atom. The van der Waals surface area contributed by atoms with Crippen LogP contribution in [-0.2, 0) is 16.0 Å². The molecular formula is C28H22F2N2O4. The number of ether oxygens (including phenoxy) is 1. The number of Topliss-reactive ketones (excluding diaryl/α,β-unsaturated/α-hetero) is 1. The Hall–Kier alpha value is -4.46. The zero-order valence-electron chi connectivity index (χ0n) is 19.3. The number of fused-ring (bicyclic) bond motifs is 1. The number of aromatic nitrogens is 1. The summed E-state index contributed by atoms with van der Waals surface area (Å²) in [6.07, 6.45) is 2.05. The zero-order chi connectivity index (χ0) is 25.4. The van der Waals surface area contributed by atoms with Gasteiger partial charge in [0.15, 0.2) is 0 Å². The molecule has 1 fully saturated rings. The molecule has 0 saturated carbocycles. The fraction of sp³-hybridized carbons (Fsp3) is 0.143. The van der Waals surface area contributed by atoms with Crippen molar-refractivity contribution in [1.29, 1.82) is 0 Å². The molecule has 6 nitrogen and oxygen atoms in total. The van der Waals surface area contributed by atoms with E-state index in [-0.39, 0.29) is 29.2 Å². The highest BCUT2D eigenvalue weighted by atomic mass is 19.1. The second-order valence-corrected chi connectivity index (χ2v) is 8.50. The van der Waals surface area contributed by atoms with Crippen LogP contribution in [0, 0.1) is 11.6 Å². The molecule has 0 spiro atoms. The summed E-state index contributed by atoms with van der Waals surface area (Å²) in [5, 5.41) is 12.1. The molecule has 2 heterocycles. The van der Waals surface area contributed by atoms with E-state index < -0.39 is 29.3 Å². The minimum atomic E-state index is -0.936. The summed E-state index contributed by atoms with van der Waals surface area (Å²) in [6, 6.07) is 15.9. The SMILES string of the molecule is COc1ccc(F)cc1/C(O)=C1\C(=O)C(=O)N(CCc2ccc(F)cc2)C1c1c[nH]c2ccccc12. The van der Waals surface area contributed by atoms with E-state index in [1.807, 2.05) is 24.3 Å². The summed E-state index contributed by atoms with van der Waals surface area (Å²) in [6.45, 7) is 0.136. The molecule has 0 aliphatic carbocycles. The average molecular weight is 488 g/mol. The van der Waals surface area contributed by atoms with Gasteiger partial charge >= 0.3 is 0 Å². The molecule has 8 heteroatoms. The third-order valence-electron chi connectivity index (χ3n) is 6.43. The molecule has 1 saturated heterocycles. The van der Waals surface area contributed by atoms with Gasteiger partial charge in [-0.3, -0.25) is 9.59 Å². The van der Waals surface area contributed by atoms with E-state index >= 15 is 0 Å². The second kappa shape index (κ2) is 9.30. The smallest absolute Gasteiger partial charge is 0.295 e. The second-order valence-electron chi connectivity index (χ2n) is 8.50. The van der Waals surface area contributed by atoms with Gasteiger partial charge in [0.1, 0.15) is 23.1 Å². The number of H-pyrrole nitrogens is 1. The van der Waals surface area contributed by atoms with Gasteiger partial charge in [-0.05, 0) is 48.4 Å². The van der Waals surface area contributed by atoms with Crippen LogP contribution in [0.1, 0.15) is 22.7 Å². The van der Waals surface area contributed by atoms with Crippen molar-refractivity contribution in [2.75, 3.05) is 13.7 Å². The number of para-hydroxylation sites is 1. The topological polar surface area (TPSA) is 82.6 Å². The number of hydrogen-bond donors (Lipinski definition) is 2. The molecule has 1 unspecified atom stereocenters. The van der Waals surface area contributed by atoms with Gasteiger partial charge in [0.05, 0.1) is 24.3 Å². The van der Waals surface area contributed by atoms with E-state index in [1.165, 1.54) is 36.3 Å². The van der Waals surface area contributed by atoms with Crippen molar-refractivity contribution in [3.8, 4) is 5.75 Å². The highest BCUT2D eigenvalue weighted by Gasteiger charge is 2.47. The number of likely N-dealkylation sites (tertiary alicyclic amines) is 1. The number of ketones is 1. The molecule has 1 aliphatic heterocycles. The van der Waals surface area contributed by atoms with Crippen molar-refractivity contribution in [1.82, 2.24) is 9.88 Å². The molecule has 1 aromatic heterocycles. The van der Waals surface area contributed by atoms with Gasteiger partial charge in [-0.2, -0.15) is 0 Å². The molecule has 3 aromatic carbocycles. The quantitative estimate of drug-likeness (QED) is 0.224. The monoisotopic (exact) mass is 488 g/mol. The lowest BCUT2D eigenvalue weighted by Gasteiger charge is -2.25. The maximum absolute atomic E-state index is 14.1. The molecule has 182 valence electrons. The van der Waals surface area contributed by atoms with Crippen LogP contribution in [0.3, 0.4) is 0 Å². The first-order valence-corrected chi connectivity index (χ1v) is 11.3. The lowest BCUT2D eigenvalue weighted by molar-refractivity contribution is -0.139. The summed E-state index contributed by atoms with van der Waals surface area (Å²) >= 11 is 0. The van der Waals surface area contributed by atoms with E-state index in [0.717, 1.165) is 22.5 Å². The number of aromatic amines is 1. The zero-order valence-corrected chi connectivity index (χ0v) is 19.3. The third kappa shape index (κ3) is 4.00. The van der Waals surface area contributed by atoms with E-state index in [4.69, 9.17) is 4.74 Å². The Morgan fingerprint density at radius 3 is 2.50 bits per heavy atom. The normalized spacial score (nSPS) is 17.2. The predicted octanol–water partition coefficient (Wildman–Crippen LogP) is 5.12. The van der Waals surface area contributed by atoms with Crippen LogP contribution in [0.2, 0.25) is 0 Å². The van der Waals surface area contributed by atoms with E-state index in [1.54, 1.807) is 18.3 Å². The van der Waals surface area contributed by atoms with Crippen LogP contribution < -0.4 is 4.74 Å². The number of carbonyl (C=O) groups excluding carboxylic acids is 2. The Bertz CT molecular complexity index is 1510. The molecule has 1 aliphatic rings. The van der Waals surface area contributed by atoms with Gasteiger partial charge in [-0.25, -0.2) is 8.78 Å². The van der Waals surface area contributed by atoms with Crippen molar-refractivity contribution < 1.29 is 28.2 Å². The number of aliphatic hydroxyl groups excluding tert-OH is 1. The van der Waals surface area contributed by atoms with Crippen molar-refractivity contribution in [2.45, 2.75) is 12.5 Å². The molecule has 1 amide bonds. The Balaban J connectivity index is 1.66. The molecular weight excluding hydrogens is 466 g/mol. The highest BCUT2D eigenvalue weighted by Crippen LogP contribution is 2.43. The Kier molecular flexibility index (Phi) is 6.01. The number of halogens is 2. The third-order valence-corrected chi connectivity index (χ3v) is 6.43. The minimum Gasteiger partial charge on any atom is -0.507 e. The molecule has 36 heavy (non-hydrogen) atoms. The van der Waals surface area contributed by atoms with Crippen LogP contribution in [0.25, 0.3) is 16.7 Å². The summed E-state index contributed by atoms with van der Waals surface area (Å²) in [7, 11) is 1.36. The summed E-state index contributed by atoms with van der Waals surface area (Å²) in [5.41, 5.74) is 2.00. The maximum Gasteiger partial charge on any atom is 0.295 e. The lowest BCUT2D eigenvalue weighted by Crippen LogP contribution is -2.31. The fourth-order valence-corrected chi connectivity index (χ4v) is 4.67. The van der Waals surface area contributed by atoms with Crippen molar-refractivity contribution in [2.24, 2.45) is 0 Å². The molecule has 4 aromatic rings. The van der Waals surface area contributed by atoms with Crippen LogP contribution in [-0.4, -0.2) is 40.3 Å². The van der Waals surface area contributed by atoms with Gasteiger partial charge in [0.2, 0.25) is 0 Å². The lowest BCUT2D eigenvalue weighted by atomic mass is 9.94. The summed E-state index contributed by atoms with van der Waals surface area (Å²) < 4.78 is 32.7. The van der Waals surface area contributed by atoms with Gasteiger partial charge in [-0.15, -0.1) is 0 Å². The average Bonchev–Trinajstić information content (AvgIpc) is 3.42. The van der Waals surface area contributed by atoms with Crippen LogP contribution >= 0.6 is 0 Å². The number of nitrogens with zero attached hydrogens (tertiary/aromatic N) is 1. The van der Waals surface area contributed by atoms with Crippen LogP contribution in [0.4, 0.5) is 8.78 Å². The number of nitrogens with one attached hydrogen (secondary N) is 1. The Morgan fingerprint density at radius 1 is 1.03 bits per heavy atom. The molecule has 5 rings (SSSR count). The summed E-state index contributed by atoms with van der Waals surface area (Å²) in [5.74, 6) is -3.04. The number of hydrogen-bond acceptors (Lipinski definition) is 4. The number of rotatable bonds is 6. The molecule has 1 atom stereocenters. The van der Waals surface area contributed by atoms with Crippen molar-refractivity contribution >= 4 is 28.4 Å². The molecule has 0 radical (unpaired) electrons. The van der Waals surface area contributed by atoms with E-state index in [2.05, 4.69) is 4.98 Å². The van der Waals surface area contributed by atoms with Crippen molar-refractivity contribution in [3.63, 3.8) is 0 Å². The van der Waals surface area contributed by atoms with Crippen LogP contribution in [0.15, 0.2) is 78.5 Å². The number of methoxy groups -OCH3 is 1. The largest absolute Gasteiger partial charge is 0.507 e. The number of carbonyl (C=O) groups is 2. The highest BCUT2D eigenvalue weighted by molar-refractivity contribution is 6.46. The standard InChI is InChI=1S/C28H22F2N2O4/c1-36-23-11-10-18(30)14-20(23)26(33)24-25(21-15-31-22-5-3-2-4-19(21)22)32(28(35)27(24)34)13-12-16-6-8-17(29)9-7-16/h2-11,14-15,25,31,33H,12-13H2,1H3/b26-24+. The first-order chi connectivity index (χ1) is 17.4. The van der Waals surface area contributed by atoms with E-state index in [9.17, 15) is 23.5 Å². The summed E-state index contributed by atoms with van der Waals surface area (Å²) in [4.78, 5) is 31.1. The van der Waals surface area contributed by atoms with Crippen molar-refractivity contribution in [3.05, 3.63) is 107 Å². The molecule has 0 bridgehead atoms. The number of amides is 1. The first-order valence-electron chi connectivity index (χ1n) is 11.3. The van der Waals surface area contributed by atoms with Crippen LogP contribution in [0.5, 0.6) is 5.75 Å². The van der Waals surface area contributed by atoms with Gasteiger partial charge in [0, 0.05) is 29.2 Å². The first kappa shape index (κ1) is 23.3. The molecule has 2 N–H and O–H groups in total. The van der Waals surface area contributed by atoms with E-state index in [0.29, 0.717) is 12.0 Å². The minimum absolute atomic E-state index is 0.0288. The number of benzene rings is 3. The maximum atomic E-state index is 14.1. The predicted molar refractivity (Wildman–Crippen MR) is 130 cm³/mol. The van der Waals surface area contributed by atoms with Gasteiger partial charge in [-0.1, -0.05) is 30.3 Å². The Labute approximate surface area is 205 Å². The fourth-order valence-electron chi connectivity index (χ4n) is 4.67.